The zero-order chi connectivity index (χ0) is 24.2. The van der Waals surface area contributed by atoms with E-state index < -0.39 is 11.7 Å². The number of aromatic nitrogens is 4. The van der Waals surface area contributed by atoms with Gasteiger partial charge in [0.25, 0.3) is 5.91 Å². The van der Waals surface area contributed by atoms with Gasteiger partial charge < -0.3 is 10.6 Å². The third-order valence-electron chi connectivity index (χ3n) is 5.80. The molecule has 0 spiro atoms. The Morgan fingerprint density at radius 1 is 1.03 bits per heavy atom. The molecule has 8 heteroatoms. The Kier molecular flexibility index (Phi) is 6.77. The van der Waals surface area contributed by atoms with Gasteiger partial charge in [0.05, 0.1) is 23.0 Å². The Hall–Kier alpha value is -3.94. The maximum atomic E-state index is 14.3. The van der Waals surface area contributed by atoms with Crippen molar-refractivity contribution in [1.29, 1.82) is 0 Å². The lowest BCUT2D eigenvalue weighted by Crippen LogP contribution is -2.20. The third-order valence-corrected chi connectivity index (χ3v) is 5.80. The van der Waals surface area contributed by atoms with Crippen LogP contribution in [0.4, 0.5) is 10.2 Å². The Morgan fingerprint density at radius 2 is 1.85 bits per heavy atom. The summed E-state index contributed by atoms with van der Waals surface area (Å²) in [5.41, 5.74) is 4.27. The first kappa shape index (κ1) is 23.2. The van der Waals surface area contributed by atoms with Crippen molar-refractivity contribution in [1.82, 2.24) is 25.3 Å². The maximum absolute atomic E-state index is 14.3. The van der Waals surface area contributed by atoms with Crippen molar-refractivity contribution in [3.05, 3.63) is 77.8 Å². The van der Waals surface area contributed by atoms with Gasteiger partial charge in [0.15, 0.2) is 5.82 Å². The SMILES string of the molecule is CNC(=O)c1c(F)cnc2c([C@H](C)CNc3cc(-c4ccc(C(C)C)nc4)ncn3)cccc12. The van der Waals surface area contributed by atoms with E-state index in [1.165, 1.54) is 13.4 Å². The summed E-state index contributed by atoms with van der Waals surface area (Å²) in [6, 6.07) is 11.4. The van der Waals surface area contributed by atoms with E-state index in [9.17, 15) is 9.18 Å². The Balaban J connectivity index is 1.55. The van der Waals surface area contributed by atoms with Gasteiger partial charge in [-0.3, -0.25) is 14.8 Å². The highest BCUT2D eigenvalue weighted by molar-refractivity contribution is 6.06. The van der Waals surface area contributed by atoms with E-state index in [-0.39, 0.29) is 11.5 Å². The number of rotatable bonds is 7. The fraction of sp³-hybridized carbons (Fsp3) is 0.269. The molecule has 0 aliphatic carbocycles. The molecular formula is C26H27FN6O. The van der Waals surface area contributed by atoms with Crippen LogP contribution in [0.15, 0.2) is 55.1 Å². The van der Waals surface area contributed by atoms with Crippen LogP contribution in [0.25, 0.3) is 22.2 Å². The van der Waals surface area contributed by atoms with Crippen LogP contribution in [0, 0.1) is 5.82 Å². The number of pyridine rings is 2. The molecule has 0 fully saturated rings. The molecule has 1 atom stereocenters. The average Bonchev–Trinajstić information content (AvgIpc) is 2.86. The van der Waals surface area contributed by atoms with E-state index in [1.807, 2.05) is 43.5 Å². The minimum Gasteiger partial charge on any atom is -0.369 e. The molecule has 7 nitrogen and oxygen atoms in total. The summed E-state index contributed by atoms with van der Waals surface area (Å²) < 4.78 is 14.3. The van der Waals surface area contributed by atoms with Crippen LogP contribution in [0.3, 0.4) is 0 Å². The molecule has 0 bridgehead atoms. The van der Waals surface area contributed by atoms with Gasteiger partial charge in [-0.25, -0.2) is 14.4 Å². The summed E-state index contributed by atoms with van der Waals surface area (Å²) in [5, 5.41) is 6.34. The minimum atomic E-state index is -0.640. The molecule has 0 aliphatic rings. The van der Waals surface area contributed by atoms with Gasteiger partial charge in [-0.2, -0.15) is 0 Å². The van der Waals surface area contributed by atoms with Crippen LogP contribution in [0.2, 0.25) is 0 Å². The van der Waals surface area contributed by atoms with E-state index in [0.29, 0.717) is 29.2 Å². The number of hydrogen-bond acceptors (Lipinski definition) is 6. The molecule has 0 aliphatic heterocycles. The molecule has 4 aromatic rings. The van der Waals surface area contributed by atoms with Gasteiger partial charge in [-0.05, 0) is 23.6 Å². The van der Waals surface area contributed by atoms with Crippen molar-refractivity contribution in [2.75, 3.05) is 18.9 Å². The highest BCUT2D eigenvalue weighted by Gasteiger charge is 2.19. The molecule has 1 aromatic carbocycles. The van der Waals surface area contributed by atoms with E-state index in [4.69, 9.17) is 0 Å². The highest BCUT2D eigenvalue weighted by Crippen LogP contribution is 2.28. The molecule has 3 aromatic heterocycles. The number of halogens is 1. The topological polar surface area (TPSA) is 92.7 Å². The first-order valence-electron chi connectivity index (χ1n) is 11.2. The van der Waals surface area contributed by atoms with Crippen molar-refractivity contribution in [3.63, 3.8) is 0 Å². The van der Waals surface area contributed by atoms with Crippen molar-refractivity contribution in [2.24, 2.45) is 0 Å². The monoisotopic (exact) mass is 458 g/mol. The number of fused-ring (bicyclic) bond motifs is 1. The van der Waals surface area contributed by atoms with Gasteiger partial charge in [-0.1, -0.05) is 39.0 Å². The fourth-order valence-corrected chi connectivity index (χ4v) is 3.85. The fourth-order valence-electron chi connectivity index (χ4n) is 3.85. The van der Waals surface area contributed by atoms with Crippen molar-refractivity contribution >= 4 is 22.6 Å². The molecule has 0 unspecified atom stereocenters. The van der Waals surface area contributed by atoms with E-state index in [1.54, 1.807) is 6.07 Å². The van der Waals surface area contributed by atoms with Crippen LogP contribution in [-0.4, -0.2) is 39.4 Å². The predicted octanol–water partition coefficient (Wildman–Crippen LogP) is 4.92. The van der Waals surface area contributed by atoms with Crippen LogP contribution >= 0.6 is 0 Å². The summed E-state index contributed by atoms with van der Waals surface area (Å²) in [6.07, 6.45) is 4.46. The molecule has 0 saturated heterocycles. The number of para-hydroxylation sites is 1. The largest absolute Gasteiger partial charge is 0.369 e. The first-order valence-corrected chi connectivity index (χ1v) is 11.2. The Labute approximate surface area is 197 Å². The molecule has 0 saturated carbocycles. The summed E-state index contributed by atoms with van der Waals surface area (Å²) in [7, 11) is 1.48. The first-order chi connectivity index (χ1) is 16.4. The number of amides is 1. The van der Waals surface area contributed by atoms with E-state index in [0.717, 1.165) is 28.7 Å². The van der Waals surface area contributed by atoms with Gasteiger partial charge >= 0.3 is 0 Å². The second-order valence-electron chi connectivity index (χ2n) is 8.50. The zero-order valence-corrected chi connectivity index (χ0v) is 19.6. The average molecular weight is 459 g/mol. The normalized spacial score (nSPS) is 12.1. The standard InChI is InChI=1S/C26H27FN6O/c1-15(2)21-9-8-17(12-29-21)22-10-23(33-14-32-22)30-11-16(3)18-6-5-7-19-24(26(34)28-4)20(27)13-31-25(18)19/h5-10,12-16H,11H2,1-4H3,(H,28,34)(H,30,32,33)/t16-/m1/s1. The maximum Gasteiger partial charge on any atom is 0.254 e. The number of carbonyl (C=O) groups is 1. The quantitative estimate of drug-likeness (QED) is 0.408. The van der Waals surface area contributed by atoms with E-state index >= 15 is 0 Å². The zero-order valence-electron chi connectivity index (χ0n) is 19.6. The molecule has 174 valence electrons. The Bertz CT molecular complexity index is 1320. The number of carbonyl (C=O) groups excluding carboxylic acids is 1. The smallest absolute Gasteiger partial charge is 0.254 e. The molecule has 2 N–H and O–H groups in total. The lowest BCUT2D eigenvalue weighted by molar-refractivity contribution is 0.0960. The van der Waals surface area contributed by atoms with Gasteiger partial charge in [-0.15, -0.1) is 0 Å². The number of anilines is 1. The lowest BCUT2D eigenvalue weighted by Gasteiger charge is -2.17. The Morgan fingerprint density at radius 3 is 2.56 bits per heavy atom. The van der Waals surface area contributed by atoms with Gasteiger partial charge in [0, 0.05) is 48.4 Å². The van der Waals surface area contributed by atoms with E-state index in [2.05, 4.69) is 44.4 Å². The van der Waals surface area contributed by atoms with Gasteiger partial charge in [0.2, 0.25) is 0 Å². The molecule has 1 amide bonds. The van der Waals surface area contributed by atoms with Crippen molar-refractivity contribution < 1.29 is 9.18 Å². The minimum absolute atomic E-state index is 0.00652. The highest BCUT2D eigenvalue weighted by atomic mass is 19.1. The number of nitrogens with one attached hydrogen (secondary N) is 2. The third kappa shape index (κ3) is 4.71. The van der Waals surface area contributed by atoms with Crippen LogP contribution in [0.1, 0.15) is 54.2 Å². The van der Waals surface area contributed by atoms with Gasteiger partial charge in [0.1, 0.15) is 12.1 Å². The summed E-state index contributed by atoms with van der Waals surface area (Å²) in [4.78, 5) is 29.8. The predicted molar refractivity (Wildman–Crippen MR) is 131 cm³/mol. The van der Waals surface area contributed by atoms with Crippen molar-refractivity contribution in [3.8, 4) is 11.3 Å². The lowest BCUT2D eigenvalue weighted by atomic mass is 9.96. The second-order valence-corrected chi connectivity index (χ2v) is 8.50. The van der Waals surface area contributed by atoms with Crippen LogP contribution < -0.4 is 10.6 Å². The number of nitrogens with zero attached hydrogens (tertiary/aromatic N) is 4. The molecule has 0 radical (unpaired) electrons. The summed E-state index contributed by atoms with van der Waals surface area (Å²) in [5.74, 6) is -0.0400. The molecule has 34 heavy (non-hydrogen) atoms. The molecule has 4 rings (SSSR count). The van der Waals surface area contributed by atoms with Crippen molar-refractivity contribution in [2.45, 2.75) is 32.6 Å². The molecule has 3 heterocycles. The van der Waals surface area contributed by atoms with Crippen LogP contribution in [-0.2, 0) is 0 Å². The number of hydrogen-bond donors (Lipinski definition) is 2. The van der Waals surface area contributed by atoms with Crippen LogP contribution in [0.5, 0.6) is 0 Å². The summed E-state index contributed by atoms with van der Waals surface area (Å²) in [6.45, 7) is 6.83. The molecular weight excluding hydrogens is 431 g/mol. The summed E-state index contributed by atoms with van der Waals surface area (Å²) >= 11 is 0. The number of benzene rings is 1. The second kappa shape index (κ2) is 9.91.